The number of rotatable bonds is 11. The third kappa shape index (κ3) is 7.91. The lowest BCUT2D eigenvalue weighted by Gasteiger charge is -2.18. The van der Waals surface area contributed by atoms with Gasteiger partial charge in [-0.2, -0.15) is 10.2 Å². The summed E-state index contributed by atoms with van der Waals surface area (Å²) in [5.41, 5.74) is 20.9. The highest BCUT2D eigenvalue weighted by molar-refractivity contribution is 5.94. The second kappa shape index (κ2) is 17.9. The Balaban J connectivity index is 0.972. The Morgan fingerprint density at radius 1 is 0.348 bits per heavy atom. The number of nitrogens with one attached hydrogen (secondary N) is 1. The lowest BCUT2D eigenvalue weighted by Crippen LogP contribution is -2.71. The molecule has 0 spiro atoms. The molecule has 12 aromatic rings. The molecule has 0 amide bonds. The SMILES string of the molecule is N=Cc1ccccc1[NH2+]c1ccc(-c2ccccc2-c2cc(-c3ccccc3-c3ccc(-n4ncc5ccccc54)cc3)cc(-c3ccccc3-c3ccc(-n4ncc5ccccc54)cc3)c2)cc1. The molecule has 6 heteroatoms. The summed E-state index contributed by atoms with van der Waals surface area (Å²) in [6.07, 6.45) is 5.26. The zero-order chi connectivity index (χ0) is 46.1. The van der Waals surface area contributed by atoms with Crippen molar-refractivity contribution in [3.63, 3.8) is 0 Å². The van der Waals surface area contributed by atoms with Gasteiger partial charge in [0.05, 0.1) is 40.4 Å². The minimum Gasteiger partial charge on any atom is -0.308 e. The smallest absolute Gasteiger partial charge is 0.143 e. The largest absolute Gasteiger partial charge is 0.308 e. The Kier molecular flexibility index (Phi) is 10.7. The lowest BCUT2D eigenvalue weighted by molar-refractivity contribution is -0.478. The van der Waals surface area contributed by atoms with Crippen molar-refractivity contribution in [2.45, 2.75) is 0 Å². The molecular weight excluding hydrogens is 841 g/mol. The van der Waals surface area contributed by atoms with E-state index in [9.17, 15) is 0 Å². The van der Waals surface area contributed by atoms with E-state index in [1.165, 1.54) is 6.21 Å². The van der Waals surface area contributed by atoms with Gasteiger partial charge in [0.15, 0.2) is 0 Å². The fourth-order valence-electron chi connectivity index (χ4n) is 9.69. The highest BCUT2D eigenvalue weighted by atomic mass is 15.3. The number of benzene rings is 10. The molecule has 0 aliphatic rings. The number of aromatic nitrogens is 4. The first-order valence-corrected chi connectivity index (χ1v) is 23.2. The molecule has 0 saturated carbocycles. The lowest BCUT2D eigenvalue weighted by atomic mass is 9.86. The Morgan fingerprint density at radius 2 is 0.696 bits per heavy atom. The summed E-state index contributed by atoms with van der Waals surface area (Å²) in [4.78, 5) is 0. The molecule has 0 unspecified atom stereocenters. The Bertz CT molecular complexity index is 3640. The summed E-state index contributed by atoms with van der Waals surface area (Å²) >= 11 is 0. The molecule has 10 aromatic carbocycles. The van der Waals surface area contributed by atoms with Crippen LogP contribution in [-0.4, -0.2) is 25.8 Å². The Morgan fingerprint density at radius 3 is 1.12 bits per heavy atom. The van der Waals surface area contributed by atoms with Gasteiger partial charge < -0.3 is 5.41 Å². The van der Waals surface area contributed by atoms with E-state index in [1.807, 2.05) is 52.1 Å². The summed E-state index contributed by atoms with van der Waals surface area (Å²) in [5.74, 6) is 0. The average Bonchev–Trinajstić information content (AvgIpc) is 4.07. The summed E-state index contributed by atoms with van der Waals surface area (Å²) < 4.78 is 4.01. The molecule has 326 valence electrons. The predicted octanol–water partition coefficient (Wildman–Crippen LogP) is 14.9. The van der Waals surface area contributed by atoms with Gasteiger partial charge in [0.25, 0.3) is 0 Å². The fourth-order valence-corrected chi connectivity index (χ4v) is 9.69. The maximum Gasteiger partial charge on any atom is 0.143 e. The summed E-state index contributed by atoms with van der Waals surface area (Å²) in [6, 6.07) is 84.2. The van der Waals surface area contributed by atoms with Crippen LogP contribution in [0.25, 0.3) is 99.9 Å². The number of fused-ring (bicyclic) bond motifs is 2. The van der Waals surface area contributed by atoms with E-state index in [-0.39, 0.29) is 0 Å². The molecule has 0 aliphatic carbocycles. The first-order valence-electron chi connectivity index (χ1n) is 23.2. The minimum absolute atomic E-state index is 0.894. The highest BCUT2D eigenvalue weighted by Crippen LogP contribution is 2.42. The quantitative estimate of drug-likeness (QED) is 0.100. The number of quaternary nitrogens is 1. The van der Waals surface area contributed by atoms with Crippen LogP contribution in [0.5, 0.6) is 0 Å². The van der Waals surface area contributed by atoms with Gasteiger partial charge in [-0.05, 0) is 152 Å². The van der Waals surface area contributed by atoms with Crippen molar-refractivity contribution in [3.05, 3.63) is 255 Å². The summed E-state index contributed by atoms with van der Waals surface area (Å²) in [6.45, 7) is 0. The van der Waals surface area contributed by atoms with Gasteiger partial charge in [0, 0.05) is 23.1 Å². The molecule has 0 radical (unpaired) electrons. The second-order valence-electron chi connectivity index (χ2n) is 17.3. The minimum atomic E-state index is 0.894. The van der Waals surface area contributed by atoms with E-state index < -0.39 is 0 Å². The first kappa shape index (κ1) is 41.2. The van der Waals surface area contributed by atoms with E-state index >= 15 is 0 Å². The van der Waals surface area contributed by atoms with Crippen molar-refractivity contribution >= 4 is 39.4 Å². The van der Waals surface area contributed by atoms with Crippen molar-refractivity contribution < 1.29 is 5.32 Å². The highest BCUT2D eigenvalue weighted by Gasteiger charge is 2.17. The molecule has 12 rings (SSSR count). The number of para-hydroxylation sites is 3. The molecule has 6 nitrogen and oxygen atoms in total. The molecule has 2 heterocycles. The molecule has 2 aromatic heterocycles. The van der Waals surface area contributed by atoms with Crippen LogP contribution in [0.2, 0.25) is 0 Å². The molecule has 0 aliphatic heterocycles. The van der Waals surface area contributed by atoms with Gasteiger partial charge in [-0.1, -0.05) is 146 Å². The molecule has 0 atom stereocenters. The van der Waals surface area contributed by atoms with Crippen LogP contribution in [0.4, 0.5) is 11.4 Å². The van der Waals surface area contributed by atoms with Crippen LogP contribution in [-0.2, 0) is 0 Å². The Labute approximate surface area is 400 Å². The third-order valence-electron chi connectivity index (χ3n) is 13.1. The normalized spacial score (nSPS) is 11.3. The number of hydrogen-bond acceptors (Lipinski definition) is 3. The number of nitrogens with two attached hydrogens (primary N) is 1. The van der Waals surface area contributed by atoms with Crippen LogP contribution < -0.4 is 5.32 Å². The first-order chi connectivity index (χ1) is 34.1. The van der Waals surface area contributed by atoms with Crippen molar-refractivity contribution in [2.75, 3.05) is 0 Å². The van der Waals surface area contributed by atoms with Gasteiger partial charge in [0.1, 0.15) is 11.4 Å². The standard InChI is InChI=1S/C63H44N6/c64-40-46-13-1-10-22-61(46)67-52-31-25-43(26-32-52)55-16-4-7-19-58(55)49-37-50(59-20-8-5-17-56(59)44-27-33-53(34-28-44)68-62-23-11-2-14-47(62)41-65-68)39-51(38-49)60-21-9-6-18-57(60)45-29-35-54(36-30-45)69-63-24-12-3-15-48(63)42-66-69/h1-42,64,67H/p+1. The van der Waals surface area contributed by atoms with E-state index in [4.69, 9.17) is 15.6 Å². The Hall–Kier alpha value is -9.23. The average molecular weight is 886 g/mol. The summed E-state index contributed by atoms with van der Waals surface area (Å²) in [7, 11) is 0. The van der Waals surface area contributed by atoms with Crippen molar-refractivity contribution in [1.82, 2.24) is 19.6 Å². The van der Waals surface area contributed by atoms with Crippen LogP contribution >= 0.6 is 0 Å². The predicted molar refractivity (Wildman–Crippen MR) is 284 cm³/mol. The maximum atomic E-state index is 7.91. The molecular formula is C63H45N6+. The molecule has 0 saturated heterocycles. The molecule has 69 heavy (non-hydrogen) atoms. The van der Waals surface area contributed by atoms with Crippen LogP contribution in [0.15, 0.2) is 249 Å². The van der Waals surface area contributed by atoms with Gasteiger partial charge in [-0.15, -0.1) is 0 Å². The second-order valence-corrected chi connectivity index (χ2v) is 17.3. The van der Waals surface area contributed by atoms with Crippen LogP contribution in [0.3, 0.4) is 0 Å². The number of hydrogen-bond donors (Lipinski definition) is 2. The van der Waals surface area contributed by atoms with Gasteiger partial charge >= 0.3 is 0 Å². The maximum absolute atomic E-state index is 7.91. The zero-order valence-electron chi connectivity index (χ0n) is 37.6. The van der Waals surface area contributed by atoms with E-state index in [1.54, 1.807) is 0 Å². The van der Waals surface area contributed by atoms with Crippen LogP contribution in [0, 0.1) is 5.41 Å². The molecule has 3 N–H and O–H groups in total. The van der Waals surface area contributed by atoms with E-state index in [0.717, 1.165) is 117 Å². The van der Waals surface area contributed by atoms with Crippen LogP contribution in [0.1, 0.15) is 5.56 Å². The summed E-state index contributed by atoms with van der Waals surface area (Å²) in [5, 5.41) is 21.7. The van der Waals surface area contributed by atoms with Gasteiger partial charge in [-0.25, -0.2) is 9.36 Å². The zero-order valence-corrected chi connectivity index (χ0v) is 37.6. The van der Waals surface area contributed by atoms with Crippen molar-refractivity contribution in [1.29, 1.82) is 5.41 Å². The van der Waals surface area contributed by atoms with Crippen molar-refractivity contribution in [3.8, 4) is 78.1 Å². The van der Waals surface area contributed by atoms with Gasteiger partial charge in [0.2, 0.25) is 0 Å². The molecule has 0 bridgehead atoms. The topological polar surface area (TPSA) is 76.1 Å². The monoisotopic (exact) mass is 885 g/mol. The van der Waals surface area contributed by atoms with E-state index in [2.05, 4.69) is 212 Å². The third-order valence-corrected chi connectivity index (χ3v) is 13.1. The van der Waals surface area contributed by atoms with Crippen molar-refractivity contribution in [2.24, 2.45) is 0 Å². The fraction of sp³-hybridized carbons (Fsp3) is 0. The number of nitrogens with zero attached hydrogens (tertiary/aromatic N) is 4. The van der Waals surface area contributed by atoms with E-state index in [0.29, 0.717) is 0 Å². The van der Waals surface area contributed by atoms with Gasteiger partial charge in [-0.3, -0.25) is 5.32 Å². The molecule has 0 fully saturated rings.